The molecule has 0 aliphatic heterocycles. The first-order valence-electron chi connectivity index (χ1n) is 7.90. The number of anilines is 1. The molecule has 1 heterocycles. The van der Waals surface area contributed by atoms with Crippen LogP contribution in [-0.4, -0.2) is 35.3 Å². The smallest absolute Gasteiger partial charge is 0.272 e. The van der Waals surface area contributed by atoms with E-state index in [1.165, 1.54) is 12.3 Å². The van der Waals surface area contributed by atoms with Gasteiger partial charge in [0.05, 0.1) is 10.7 Å². The highest BCUT2D eigenvalue weighted by Gasteiger charge is 2.16. The Kier molecular flexibility index (Phi) is 6.79. The zero-order chi connectivity index (χ0) is 18.4. The molecular formula is C18H19Cl2N3O2. The van der Waals surface area contributed by atoms with E-state index in [0.29, 0.717) is 27.8 Å². The van der Waals surface area contributed by atoms with Crippen molar-refractivity contribution < 1.29 is 9.59 Å². The molecule has 7 heteroatoms. The summed E-state index contributed by atoms with van der Waals surface area (Å²) in [5, 5.41) is 3.52. The van der Waals surface area contributed by atoms with Crippen LogP contribution < -0.4 is 5.32 Å². The van der Waals surface area contributed by atoms with Crippen LogP contribution in [0.25, 0.3) is 0 Å². The summed E-state index contributed by atoms with van der Waals surface area (Å²) in [5.41, 5.74) is 1.00. The Balaban J connectivity index is 2.14. The predicted molar refractivity (Wildman–Crippen MR) is 101 cm³/mol. The van der Waals surface area contributed by atoms with E-state index >= 15 is 0 Å². The number of carbonyl (C=O) groups excluding carboxylic acids is 2. The summed E-state index contributed by atoms with van der Waals surface area (Å²) in [5.74, 6) is -0.593. The van der Waals surface area contributed by atoms with Gasteiger partial charge in [-0.25, -0.2) is 0 Å². The largest absolute Gasteiger partial charge is 0.340 e. The minimum absolute atomic E-state index is 0.215. The fourth-order valence-corrected chi connectivity index (χ4v) is 2.62. The SMILES string of the molecule is CCCCN(C)C(=O)c1cc(C(=O)Nc2ccc(Cl)cc2Cl)ccn1. The molecule has 0 saturated carbocycles. The van der Waals surface area contributed by atoms with Gasteiger partial charge in [-0.3, -0.25) is 14.6 Å². The van der Waals surface area contributed by atoms with E-state index in [-0.39, 0.29) is 17.5 Å². The van der Waals surface area contributed by atoms with Gasteiger partial charge in [0, 0.05) is 30.4 Å². The number of hydrogen-bond donors (Lipinski definition) is 1. The van der Waals surface area contributed by atoms with E-state index < -0.39 is 0 Å². The number of carbonyl (C=O) groups is 2. The fraction of sp³-hybridized carbons (Fsp3) is 0.278. The number of rotatable bonds is 6. The Morgan fingerprint density at radius 3 is 2.64 bits per heavy atom. The number of hydrogen-bond acceptors (Lipinski definition) is 3. The van der Waals surface area contributed by atoms with Crippen molar-refractivity contribution in [2.75, 3.05) is 18.9 Å². The monoisotopic (exact) mass is 379 g/mol. The van der Waals surface area contributed by atoms with Crippen LogP contribution in [0.5, 0.6) is 0 Å². The molecule has 0 fully saturated rings. The molecule has 0 radical (unpaired) electrons. The van der Waals surface area contributed by atoms with Crippen molar-refractivity contribution in [1.82, 2.24) is 9.88 Å². The molecule has 2 aromatic rings. The molecule has 1 aromatic heterocycles. The first-order valence-corrected chi connectivity index (χ1v) is 8.66. The highest BCUT2D eigenvalue weighted by molar-refractivity contribution is 6.36. The zero-order valence-corrected chi connectivity index (χ0v) is 15.6. The molecule has 1 aromatic carbocycles. The van der Waals surface area contributed by atoms with Crippen LogP contribution in [-0.2, 0) is 0 Å². The maximum absolute atomic E-state index is 12.4. The summed E-state index contributed by atoms with van der Waals surface area (Å²) < 4.78 is 0. The second kappa shape index (κ2) is 8.83. The van der Waals surface area contributed by atoms with Gasteiger partial charge in [0.25, 0.3) is 11.8 Å². The lowest BCUT2D eigenvalue weighted by atomic mass is 10.2. The van der Waals surface area contributed by atoms with E-state index in [0.717, 1.165) is 12.8 Å². The Hall–Kier alpha value is -2.11. The lowest BCUT2D eigenvalue weighted by Gasteiger charge is -2.16. The normalized spacial score (nSPS) is 10.4. The molecule has 0 aliphatic rings. The van der Waals surface area contributed by atoms with E-state index in [2.05, 4.69) is 17.2 Å². The van der Waals surface area contributed by atoms with Crippen LogP contribution in [0, 0.1) is 0 Å². The average molecular weight is 380 g/mol. The third-order valence-corrected chi connectivity index (χ3v) is 4.16. The zero-order valence-electron chi connectivity index (χ0n) is 14.1. The van der Waals surface area contributed by atoms with E-state index in [1.54, 1.807) is 36.2 Å². The van der Waals surface area contributed by atoms with Crippen LogP contribution in [0.2, 0.25) is 10.0 Å². The molecule has 2 amide bonds. The van der Waals surface area contributed by atoms with Crippen molar-refractivity contribution >= 4 is 40.7 Å². The third kappa shape index (κ3) is 5.18. The van der Waals surface area contributed by atoms with E-state index in [4.69, 9.17) is 23.2 Å². The lowest BCUT2D eigenvalue weighted by Crippen LogP contribution is -2.28. The summed E-state index contributed by atoms with van der Waals surface area (Å²) in [7, 11) is 1.72. The highest BCUT2D eigenvalue weighted by atomic mass is 35.5. The molecule has 0 spiro atoms. The first kappa shape index (κ1) is 19.2. The van der Waals surface area contributed by atoms with Crippen molar-refractivity contribution in [2.45, 2.75) is 19.8 Å². The first-order chi connectivity index (χ1) is 11.9. The number of aromatic nitrogens is 1. The molecule has 1 N–H and O–H groups in total. The number of unbranched alkanes of at least 4 members (excludes halogenated alkanes) is 1. The molecule has 0 aliphatic carbocycles. The maximum atomic E-state index is 12.4. The molecule has 5 nitrogen and oxygen atoms in total. The maximum Gasteiger partial charge on any atom is 0.272 e. The van der Waals surface area contributed by atoms with Crippen LogP contribution in [0.4, 0.5) is 5.69 Å². The topological polar surface area (TPSA) is 62.3 Å². The summed E-state index contributed by atoms with van der Waals surface area (Å²) >= 11 is 11.9. The van der Waals surface area contributed by atoms with Crippen molar-refractivity contribution in [3.63, 3.8) is 0 Å². The second-order valence-electron chi connectivity index (χ2n) is 5.59. The van der Waals surface area contributed by atoms with E-state index in [1.807, 2.05) is 0 Å². The van der Waals surface area contributed by atoms with Crippen molar-refractivity contribution in [3.05, 3.63) is 57.8 Å². The molecule has 0 unspecified atom stereocenters. The van der Waals surface area contributed by atoms with Crippen LogP contribution >= 0.6 is 23.2 Å². The standard InChI is InChI=1S/C18H19Cl2N3O2/c1-3-4-9-23(2)18(25)16-10-12(7-8-21-16)17(24)22-15-6-5-13(19)11-14(15)20/h5-8,10-11H,3-4,9H2,1-2H3,(H,22,24). The number of pyridine rings is 1. The minimum atomic E-state index is -0.378. The Morgan fingerprint density at radius 1 is 1.20 bits per heavy atom. The summed E-state index contributed by atoms with van der Waals surface area (Å²) in [6.45, 7) is 2.71. The van der Waals surface area contributed by atoms with Gasteiger partial charge in [-0.1, -0.05) is 36.5 Å². The third-order valence-electron chi connectivity index (χ3n) is 3.61. The molecule has 0 saturated heterocycles. The van der Waals surface area contributed by atoms with Gasteiger partial charge >= 0.3 is 0 Å². The van der Waals surface area contributed by atoms with Crippen LogP contribution in [0.1, 0.15) is 40.6 Å². The average Bonchev–Trinajstić information content (AvgIpc) is 2.61. The summed E-state index contributed by atoms with van der Waals surface area (Å²) in [6.07, 6.45) is 3.35. The van der Waals surface area contributed by atoms with Gasteiger partial charge in [-0.05, 0) is 36.8 Å². The number of nitrogens with one attached hydrogen (secondary N) is 1. The predicted octanol–water partition coefficient (Wildman–Crippen LogP) is 4.51. The summed E-state index contributed by atoms with van der Waals surface area (Å²) in [6, 6.07) is 7.82. The fourth-order valence-electron chi connectivity index (χ4n) is 2.17. The highest BCUT2D eigenvalue weighted by Crippen LogP contribution is 2.25. The van der Waals surface area contributed by atoms with Crippen molar-refractivity contribution in [1.29, 1.82) is 0 Å². The molecule has 2 rings (SSSR count). The van der Waals surface area contributed by atoms with Gasteiger partial charge in [0.1, 0.15) is 5.69 Å². The van der Waals surface area contributed by atoms with Crippen molar-refractivity contribution in [2.24, 2.45) is 0 Å². The Morgan fingerprint density at radius 2 is 1.96 bits per heavy atom. The Labute approximate surface area is 157 Å². The molecule has 25 heavy (non-hydrogen) atoms. The van der Waals surface area contributed by atoms with Gasteiger partial charge in [-0.2, -0.15) is 0 Å². The van der Waals surface area contributed by atoms with Crippen LogP contribution in [0.3, 0.4) is 0 Å². The number of nitrogens with zero attached hydrogens (tertiary/aromatic N) is 2. The number of amides is 2. The Bertz CT molecular complexity index is 781. The van der Waals surface area contributed by atoms with Gasteiger partial charge < -0.3 is 10.2 Å². The lowest BCUT2D eigenvalue weighted by molar-refractivity contribution is 0.0787. The minimum Gasteiger partial charge on any atom is -0.340 e. The number of halogens is 2. The molecule has 0 atom stereocenters. The second-order valence-corrected chi connectivity index (χ2v) is 6.43. The van der Waals surface area contributed by atoms with Gasteiger partial charge in [0.2, 0.25) is 0 Å². The van der Waals surface area contributed by atoms with Gasteiger partial charge in [0.15, 0.2) is 0 Å². The van der Waals surface area contributed by atoms with Gasteiger partial charge in [-0.15, -0.1) is 0 Å². The van der Waals surface area contributed by atoms with E-state index in [9.17, 15) is 9.59 Å². The molecule has 0 bridgehead atoms. The molecular weight excluding hydrogens is 361 g/mol. The quantitative estimate of drug-likeness (QED) is 0.802. The van der Waals surface area contributed by atoms with Crippen molar-refractivity contribution in [3.8, 4) is 0 Å². The number of benzene rings is 1. The molecule has 132 valence electrons. The summed E-state index contributed by atoms with van der Waals surface area (Å²) in [4.78, 5) is 30.5. The van der Waals surface area contributed by atoms with Crippen LogP contribution in [0.15, 0.2) is 36.5 Å².